The molecule has 0 radical (unpaired) electrons. The monoisotopic (exact) mass is 274 g/mol. The first kappa shape index (κ1) is 13.5. The molecule has 1 saturated carbocycles. The number of aromatic nitrogens is 1. The van der Waals surface area contributed by atoms with Gasteiger partial charge in [0.05, 0.1) is 11.1 Å². The minimum atomic E-state index is -0.205. The lowest BCUT2D eigenvalue weighted by Crippen LogP contribution is -2.51. The molecule has 0 atom stereocenters. The predicted octanol–water partition coefficient (Wildman–Crippen LogP) is 0.465. The van der Waals surface area contributed by atoms with Gasteiger partial charge in [-0.05, 0) is 25.0 Å². The molecule has 2 aliphatic rings. The van der Waals surface area contributed by atoms with Crippen molar-refractivity contribution in [2.75, 3.05) is 32.7 Å². The first-order valence-electron chi connectivity index (χ1n) is 7.35. The van der Waals surface area contributed by atoms with Crippen LogP contribution < -0.4 is 5.73 Å². The largest absolute Gasteiger partial charge is 0.340 e. The van der Waals surface area contributed by atoms with Gasteiger partial charge in [0.15, 0.2) is 0 Å². The number of piperazine rings is 1. The van der Waals surface area contributed by atoms with Gasteiger partial charge in [0.25, 0.3) is 0 Å². The number of pyridine rings is 1. The molecule has 20 heavy (non-hydrogen) atoms. The summed E-state index contributed by atoms with van der Waals surface area (Å²) in [5.41, 5.74) is 6.63. The van der Waals surface area contributed by atoms with Crippen LogP contribution in [-0.2, 0) is 11.3 Å². The summed E-state index contributed by atoms with van der Waals surface area (Å²) in [5.74, 6) is 0.275. The van der Waals surface area contributed by atoms with Crippen molar-refractivity contribution in [3.8, 4) is 0 Å². The van der Waals surface area contributed by atoms with Crippen molar-refractivity contribution in [1.29, 1.82) is 0 Å². The zero-order valence-corrected chi connectivity index (χ0v) is 11.8. The summed E-state index contributed by atoms with van der Waals surface area (Å²) >= 11 is 0. The molecule has 1 saturated heterocycles. The molecule has 1 aromatic rings. The number of amides is 1. The van der Waals surface area contributed by atoms with Gasteiger partial charge in [0.2, 0.25) is 5.91 Å². The van der Waals surface area contributed by atoms with Crippen LogP contribution in [0.3, 0.4) is 0 Å². The first-order chi connectivity index (χ1) is 9.73. The van der Waals surface area contributed by atoms with Gasteiger partial charge in [-0.1, -0.05) is 6.07 Å². The summed E-state index contributed by atoms with van der Waals surface area (Å²) in [6.07, 6.45) is 3.76. The average molecular weight is 274 g/mol. The van der Waals surface area contributed by atoms with E-state index in [1.807, 2.05) is 29.3 Å². The summed E-state index contributed by atoms with van der Waals surface area (Å²) in [5, 5.41) is 0. The third-order valence-electron chi connectivity index (χ3n) is 4.47. The zero-order valence-electron chi connectivity index (χ0n) is 11.8. The van der Waals surface area contributed by atoms with Crippen LogP contribution in [0.5, 0.6) is 0 Å². The first-order valence-corrected chi connectivity index (χ1v) is 7.35. The van der Waals surface area contributed by atoms with Gasteiger partial charge in [-0.2, -0.15) is 0 Å². The summed E-state index contributed by atoms with van der Waals surface area (Å²) in [7, 11) is 0. The quantitative estimate of drug-likeness (QED) is 0.866. The van der Waals surface area contributed by atoms with Crippen LogP contribution in [0.25, 0.3) is 0 Å². The Morgan fingerprint density at radius 3 is 2.55 bits per heavy atom. The van der Waals surface area contributed by atoms with Gasteiger partial charge in [-0.3, -0.25) is 14.7 Å². The zero-order chi connectivity index (χ0) is 14.0. The van der Waals surface area contributed by atoms with E-state index >= 15 is 0 Å². The summed E-state index contributed by atoms with van der Waals surface area (Å²) in [6.45, 7) is 4.83. The van der Waals surface area contributed by atoms with E-state index in [2.05, 4.69) is 9.88 Å². The van der Waals surface area contributed by atoms with E-state index in [0.717, 1.165) is 51.3 Å². The van der Waals surface area contributed by atoms with Crippen LogP contribution in [0.2, 0.25) is 0 Å². The number of nitrogens with two attached hydrogens (primary N) is 1. The SMILES string of the molecule is NCC1(C(=O)N2CCN(Cc3ccccn3)CC2)CC1. The molecule has 1 aliphatic heterocycles. The molecule has 3 rings (SSSR count). The van der Waals surface area contributed by atoms with E-state index in [4.69, 9.17) is 5.73 Å². The molecule has 1 aliphatic carbocycles. The Balaban J connectivity index is 1.51. The molecule has 5 nitrogen and oxygen atoms in total. The van der Waals surface area contributed by atoms with Crippen LogP contribution in [0, 0.1) is 5.41 Å². The van der Waals surface area contributed by atoms with Gasteiger partial charge >= 0.3 is 0 Å². The molecular formula is C15H22N4O. The molecule has 5 heteroatoms. The molecule has 0 spiro atoms. The number of hydrogen-bond acceptors (Lipinski definition) is 4. The van der Waals surface area contributed by atoms with Crippen molar-refractivity contribution in [1.82, 2.24) is 14.8 Å². The van der Waals surface area contributed by atoms with Crippen molar-refractivity contribution < 1.29 is 4.79 Å². The second kappa shape index (κ2) is 5.50. The van der Waals surface area contributed by atoms with E-state index in [9.17, 15) is 4.79 Å². The van der Waals surface area contributed by atoms with Crippen LogP contribution in [-0.4, -0.2) is 53.4 Å². The maximum Gasteiger partial charge on any atom is 0.230 e. The lowest BCUT2D eigenvalue weighted by molar-refractivity contribution is -0.138. The minimum Gasteiger partial charge on any atom is -0.340 e. The van der Waals surface area contributed by atoms with Gasteiger partial charge in [0, 0.05) is 45.5 Å². The lowest BCUT2D eigenvalue weighted by Gasteiger charge is -2.36. The fraction of sp³-hybridized carbons (Fsp3) is 0.600. The number of nitrogens with zero attached hydrogens (tertiary/aromatic N) is 3. The van der Waals surface area contributed by atoms with E-state index in [1.54, 1.807) is 0 Å². The standard InChI is InChI=1S/C15H22N4O/c16-12-15(4-5-15)14(20)19-9-7-18(8-10-19)11-13-3-1-2-6-17-13/h1-3,6H,4-5,7-12,16H2. The molecule has 2 heterocycles. The fourth-order valence-electron chi connectivity index (χ4n) is 2.82. The number of rotatable bonds is 4. The van der Waals surface area contributed by atoms with Gasteiger partial charge in [-0.25, -0.2) is 0 Å². The second-order valence-corrected chi connectivity index (χ2v) is 5.87. The van der Waals surface area contributed by atoms with Crippen molar-refractivity contribution in [2.45, 2.75) is 19.4 Å². The third kappa shape index (κ3) is 2.69. The molecule has 0 bridgehead atoms. The predicted molar refractivity (Wildman–Crippen MR) is 76.8 cm³/mol. The maximum atomic E-state index is 12.4. The Labute approximate surface area is 119 Å². The fourth-order valence-corrected chi connectivity index (χ4v) is 2.82. The molecular weight excluding hydrogens is 252 g/mol. The molecule has 0 aromatic carbocycles. The molecule has 1 amide bonds. The highest BCUT2D eigenvalue weighted by Crippen LogP contribution is 2.46. The summed E-state index contributed by atoms with van der Waals surface area (Å²) in [6, 6.07) is 5.99. The molecule has 0 unspecified atom stereocenters. The molecule has 1 aromatic heterocycles. The Kier molecular flexibility index (Phi) is 3.72. The van der Waals surface area contributed by atoms with Crippen LogP contribution >= 0.6 is 0 Å². The van der Waals surface area contributed by atoms with E-state index in [0.29, 0.717) is 6.54 Å². The van der Waals surface area contributed by atoms with Gasteiger partial charge in [0.1, 0.15) is 0 Å². The van der Waals surface area contributed by atoms with Crippen molar-refractivity contribution >= 4 is 5.91 Å². The normalized spacial score (nSPS) is 21.8. The molecule has 108 valence electrons. The number of hydrogen-bond donors (Lipinski definition) is 1. The van der Waals surface area contributed by atoms with Gasteiger partial charge < -0.3 is 10.6 Å². The molecule has 2 fully saturated rings. The average Bonchev–Trinajstić information content (AvgIpc) is 3.30. The highest BCUT2D eigenvalue weighted by Gasteiger charge is 2.50. The van der Waals surface area contributed by atoms with E-state index in [-0.39, 0.29) is 11.3 Å². The van der Waals surface area contributed by atoms with Gasteiger partial charge in [-0.15, -0.1) is 0 Å². The smallest absolute Gasteiger partial charge is 0.230 e. The maximum absolute atomic E-state index is 12.4. The van der Waals surface area contributed by atoms with Crippen LogP contribution in [0.4, 0.5) is 0 Å². The van der Waals surface area contributed by atoms with Crippen LogP contribution in [0.1, 0.15) is 18.5 Å². The Hall–Kier alpha value is -1.46. The van der Waals surface area contributed by atoms with Crippen molar-refractivity contribution in [3.63, 3.8) is 0 Å². The molecule has 2 N–H and O–H groups in total. The summed E-state index contributed by atoms with van der Waals surface area (Å²) < 4.78 is 0. The number of carbonyl (C=O) groups is 1. The van der Waals surface area contributed by atoms with Crippen molar-refractivity contribution in [3.05, 3.63) is 30.1 Å². The highest BCUT2D eigenvalue weighted by atomic mass is 16.2. The summed E-state index contributed by atoms with van der Waals surface area (Å²) in [4.78, 5) is 21.1. The highest BCUT2D eigenvalue weighted by molar-refractivity contribution is 5.85. The second-order valence-electron chi connectivity index (χ2n) is 5.87. The Morgan fingerprint density at radius 2 is 2.00 bits per heavy atom. The Bertz CT molecular complexity index is 464. The van der Waals surface area contributed by atoms with Crippen LogP contribution in [0.15, 0.2) is 24.4 Å². The van der Waals surface area contributed by atoms with E-state index in [1.165, 1.54) is 0 Å². The van der Waals surface area contributed by atoms with E-state index < -0.39 is 0 Å². The number of carbonyl (C=O) groups excluding carboxylic acids is 1. The Morgan fingerprint density at radius 1 is 1.25 bits per heavy atom. The third-order valence-corrected chi connectivity index (χ3v) is 4.47. The van der Waals surface area contributed by atoms with Crippen molar-refractivity contribution in [2.24, 2.45) is 11.1 Å². The topological polar surface area (TPSA) is 62.5 Å². The lowest BCUT2D eigenvalue weighted by atomic mass is 10.1. The minimum absolute atomic E-state index is 0.205.